The second-order valence-electron chi connectivity index (χ2n) is 7.57. The lowest BCUT2D eigenvalue weighted by atomic mass is 9.95. The minimum atomic E-state index is -0.669. The van der Waals surface area contributed by atoms with E-state index in [-0.39, 0.29) is 30.0 Å². The number of primary amides is 1. The summed E-state index contributed by atoms with van der Waals surface area (Å²) in [6, 6.07) is 9.12. The van der Waals surface area contributed by atoms with Gasteiger partial charge in [0.1, 0.15) is 5.82 Å². The normalized spacial score (nSPS) is 15.3. The monoisotopic (exact) mass is 446 g/mol. The van der Waals surface area contributed by atoms with Gasteiger partial charge in [0.2, 0.25) is 11.8 Å². The molecule has 4 N–H and O–H groups in total. The van der Waals surface area contributed by atoms with Gasteiger partial charge in [0.25, 0.3) is 0 Å². The van der Waals surface area contributed by atoms with Crippen LogP contribution in [0.1, 0.15) is 35.7 Å². The number of carbonyl (C=O) groups excluding carboxylic acids is 3. The molecule has 0 aliphatic carbocycles. The van der Waals surface area contributed by atoms with Crippen molar-refractivity contribution in [2.24, 2.45) is 11.7 Å². The first-order valence-corrected chi connectivity index (χ1v) is 11.2. The summed E-state index contributed by atoms with van der Waals surface area (Å²) in [6.07, 6.45) is 1.71. The Morgan fingerprint density at radius 3 is 2.55 bits per heavy atom. The van der Waals surface area contributed by atoms with E-state index >= 15 is 0 Å². The minimum absolute atomic E-state index is 0.0599. The number of nitrogens with one attached hydrogen (secondary N) is 2. The summed E-state index contributed by atoms with van der Waals surface area (Å²) in [4.78, 5) is 39.1. The molecule has 1 aliphatic rings. The summed E-state index contributed by atoms with van der Waals surface area (Å²) in [5, 5.41) is 7.39. The fraction of sp³-hybridized carbons (Fsp3) is 0.409. The molecule has 7 nitrogen and oxygen atoms in total. The maximum absolute atomic E-state index is 13.7. The lowest BCUT2D eigenvalue weighted by Gasteiger charge is -2.32. The van der Waals surface area contributed by atoms with Crippen molar-refractivity contribution in [1.29, 1.82) is 0 Å². The molecular weight excluding hydrogens is 419 g/mol. The minimum Gasteiger partial charge on any atom is -0.356 e. The van der Waals surface area contributed by atoms with Crippen LogP contribution >= 0.6 is 11.3 Å². The molecule has 0 radical (unpaired) electrons. The zero-order valence-corrected chi connectivity index (χ0v) is 18.0. The van der Waals surface area contributed by atoms with E-state index < -0.39 is 12.1 Å². The summed E-state index contributed by atoms with van der Waals surface area (Å²) in [7, 11) is 0. The summed E-state index contributed by atoms with van der Waals surface area (Å²) in [5.41, 5.74) is 5.83. The Bertz CT molecular complexity index is 898. The Labute approximate surface area is 184 Å². The summed E-state index contributed by atoms with van der Waals surface area (Å²) in [6.45, 7) is 1.34. The summed E-state index contributed by atoms with van der Waals surface area (Å²) in [5.74, 6) is -0.572. The molecule has 31 heavy (non-hydrogen) atoms. The van der Waals surface area contributed by atoms with E-state index in [1.165, 1.54) is 17.4 Å². The molecule has 2 heterocycles. The molecule has 4 amide bonds. The highest BCUT2D eigenvalue weighted by Gasteiger charge is 2.29. The third-order valence-corrected chi connectivity index (χ3v) is 6.44. The number of benzene rings is 1. The number of nitrogens with two attached hydrogens (primary N) is 1. The van der Waals surface area contributed by atoms with Crippen molar-refractivity contribution < 1.29 is 18.8 Å². The van der Waals surface area contributed by atoms with Gasteiger partial charge in [-0.1, -0.05) is 24.3 Å². The highest BCUT2D eigenvalue weighted by Crippen LogP contribution is 2.25. The van der Waals surface area contributed by atoms with Crippen LogP contribution in [0.2, 0.25) is 0 Å². The number of urea groups is 1. The number of halogens is 1. The van der Waals surface area contributed by atoms with Gasteiger partial charge in [0.15, 0.2) is 0 Å². The van der Waals surface area contributed by atoms with Crippen LogP contribution < -0.4 is 16.4 Å². The van der Waals surface area contributed by atoms with Crippen LogP contribution in [-0.2, 0) is 16.0 Å². The number of amides is 4. The molecule has 1 unspecified atom stereocenters. The Morgan fingerprint density at radius 2 is 1.90 bits per heavy atom. The fourth-order valence-electron chi connectivity index (χ4n) is 3.74. The Kier molecular flexibility index (Phi) is 8.00. The Balaban J connectivity index is 1.43. The van der Waals surface area contributed by atoms with Crippen molar-refractivity contribution in [3.05, 3.63) is 58.0 Å². The molecular formula is C22H27FN4O3S. The molecule has 1 aromatic carbocycles. The number of hydrogen-bond acceptors (Lipinski definition) is 4. The van der Waals surface area contributed by atoms with Gasteiger partial charge in [-0.2, -0.15) is 0 Å². The van der Waals surface area contributed by atoms with Crippen molar-refractivity contribution in [2.75, 3.05) is 19.6 Å². The quantitative estimate of drug-likeness (QED) is 0.580. The van der Waals surface area contributed by atoms with Crippen molar-refractivity contribution in [2.45, 2.75) is 31.7 Å². The highest BCUT2D eigenvalue weighted by atomic mass is 32.1. The van der Waals surface area contributed by atoms with Crippen LogP contribution in [0.3, 0.4) is 0 Å². The van der Waals surface area contributed by atoms with Crippen molar-refractivity contribution in [3.63, 3.8) is 0 Å². The SMILES string of the molecule is NC(=O)NC(CC(=O)N1CCC(C(=O)NCCc2ccccc2F)CC1)c1cccs1. The van der Waals surface area contributed by atoms with E-state index in [1.54, 1.807) is 23.1 Å². The lowest BCUT2D eigenvalue weighted by molar-refractivity contribution is -0.136. The topological polar surface area (TPSA) is 105 Å². The average molecular weight is 447 g/mol. The van der Waals surface area contributed by atoms with Crippen LogP contribution in [-0.4, -0.2) is 42.4 Å². The molecule has 1 atom stereocenters. The predicted octanol–water partition coefficient (Wildman–Crippen LogP) is 2.58. The van der Waals surface area contributed by atoms with E-state index in [0.717, 1.165) is 4.88 Å². The van der Waals surface area contributed by atoms with E-state index in [1.807, 2.05) is 17.5 Å². The molecule has 0 bridgehead atoms. The molecule has 1 saturated heterocycles. The van der Waals surface area contributed by atoms with Gasteiger partial charge in [-0.15, -0.1) is 11.3 Å². The molecule has 0 spiro atoms. The maximum atomic E-state index is 13.7. The molecule has 9 heteroatoms. The summed E-state index contributed by atoms with van der Waals surface area (Å²) < 4.78 is 13.7. The van der Waals surface area contributed by atoms with E-state index in [2.05, 4.69) is 10.6 Å². The predicted molar refractivity (Wildman–Crippen MR) is 117 cm³/mol. The Morgan fingerprint density at radius 1 is 1.16 bits per heavy atom. The second-order valence-corrected chi connectivity index (χ2v) is 8.55. The first kappa shape index (κ1) is 22.7. The van der Waals surface area contributed by atoms with Crippen LogP contribution in [0, 0.1) is 11.7 Å². The van der Waals surface area contributed by atoms with Crippen LogP contribution in [0.5, 0.6) is 0 Å². The second kappa shape index (κ2) is 10.9. The van der Waals surface area contributed by atoms with Gasteiger partial charge in [-0.05, 0) is 42.3 Å². The molecule has 0 saturated carbocycles. The first-order chi connectivity index (χ1) is 14.9. The number of likely N-dealkylation sites (tertiary alicyclic amines) is 1. The smallest absolute Gasteiger partial charge is 0.312 e. The largest absolute Gasteiger partial charge is 0.356 e. The standard InChI is InChI=1S/C22H27FN4O3S/c23-17-5-2-1-4-15(17)7-10-25-21(29)16-8-11-27(12-9-16)20(28)14-18(26-22(24)30)19-6-3-13-31-19/h1-6,13,16,18H,7-12,14H2,(H,25,29)(H3,24,26,30). The zero-order chi connectivity index (χ0) is 22.2. The maximum Gasteiger partial charge on any atom is 0.312 e. The summed E-state index contributed by atoms with van der Waals surface area (Å²) >= 11 is 1.46. The van der Waals surface area contributed by atoms with Crippen LogP contribution in [0.15, 0.2) is 41.8 Å². The van der Waals surface area contributed by atoms with Gasteiger partial charge < -0.3 is 21.3 Å². The number of thiophene rings is 1. The molecule has 166 valence electrons. The van der Waals surface area contributed by atoms with Gasteiger partial charge in [-0.3, -0.25) is 9.59 Å². The molecule has 1 aliphatic heterocycles. The van der Waals surface area contributed by atoms with E-state index in [9.17, 15) is 18.8 Å². The third-order valence-electron chi connectivity index (χ3n) is 5.45. The van der Waals surface area contributed by atoms with Gasteiger partial charge in [0, 0.05) is 30.4 Å². The Hall–Kier alpha value is -2.94. The van der Waals surface area contributed by atoms with E-state index in [0.29, 0.717) is 44.5 Å². The molecule has 3 rings (SSSR count). The number of rotatable bonds is 8. The highest BCUT2D eigenvalue weighted by molar-refractivity contribution is 7.10. The number of nitrogens with zero attached hydrogens (tertiary/aromatic N) is 1. The van der Waals surface area contributed by atoms with Gasteiger partial charge in [-0.25, -0.2) is 9.18 Å². The number of hydrogen-bond donors (Lipinski definition) is 3. The average Bonchev–Trinajstić information content (AvgIpc) is 3.29. The fourth-order valence-corrected chi connectivity index (χ4v) is 4.52. The van der Waals surface area contributed by atoms with E-state index in [4.69, 9.17) is 5.73 Å². The first-order valence-electron chi connectivity index (χ1n) is 10.3. The third kappa shape index (κ3) is 6.52. The van der Waals surface area contributed by atoms with Gasteiger partial charge >= 0.3 is 6.03 Å². The number of carbonyl (C=O) groups is 3. The molecule has 1 fully saturated rings. The van der Waals surface area contributed by atoms with Crippen molar-refractivity contribution >= 4 is 29.2 Å². The van der Waals surface area contributed by atoms with Crippen molar-refractivity contribution in [3.8, 4) is 0 Å². The lowest BCUT2D eigenvalue weighted by Crippen LogP contribution is -2.44. The molecule has 2 aromatic rings. The van der Waals surface area contributed by atoms with Crippen LogP contribution in [0.25, 0.3) is 0 Å². The number of piperidine rings is 1. The van der Waals surface area contributed by atoms with Gasteiger partial charge in [0.05, 0.1) is 12.5 Å². The van der Waals surface area contributed by atoms with Crippen LogP contribution in [0.4, 0.5) is 9.18 Å². The zero-order valence-electron chi connectivity index (χ0n) is 17.2. The molecule has 1 aromatic heterocycles. The van der Waals surface area contributed by atoms with Crippen molar-refractivity contribution in [1.82, 2.24) is 15.5 Å².